The SMILES string of the molecule is CCC(=O)Nc1ccc(OC(=O)c2ccc(C(C)(C)C)cc2)cc1. The molecule has 24 heavy (non-hydrogen) atoms. The summed E-state index contributed by atoms with van der Waals surface area (Å²) in [6.45, 7) is 8.16. The molecule has 2 aromatic rings. The third-order valence-corrected chi connectivity index (χ3v) is 3.66. The molecule has 2 rings (SSSR count). The van der Waals surface area contributed by atoms with Crippen molar-refractivity contribution in [2.24, 2.45) is 0 Å². The van der Waals surface area contributed by atoms with E-state index >= 15 is 0 Å². The summed E-state index contributed by atoms with van der Waals surface area (Å²) in [7, 11) is 0. The van der Waals surface area contributed by atoms with E-state index in [4.69, 9.17) is 4.74 Å². The van der Waals surface area contributed by atoms with Gasteiger partial charge in [0.2, 0.25) is 5.91 Å². The Balaban J connectivity index is 2.03. The van der Waals surface area contributed by atoms with Gasteiger partial charge in [0.15, 0.2) is 0 Å². The fourth-order valence-electron chi connectivity index (χ4n) is 2.13. The van der Waals surface area contributed by atoms with Gasteiger partial charge in [-0.1, -0.05) is 39.8 Å². The number of nitrogens with one attached hydrogen (secondary N) is 1. The number of ether oxygens (including phenoxy) is 1. The molecule has 1 amide bonds. The molecule has 0 aliphatic carbocycles. The van der Waals surface area contributed by atoms with E-state index in [1.54, 1.807) is 43.3 Å². The quantitative estimate of drug-likeness (QED) is 0.662. The van der Waals surface area contributed by atoms with Gasteiger partial charge in [-0.3, -0.25) is 4.79 Å². The highest BCUT2D eigenvalue weighted by Gasteiger charge is 2.15. The van der Waals surface area contributed by atoms with E-state index in [0.717, 1.165) is 5.56 Å². The molecule has 4 nitrogen and oxygen atoms in total. The first-order valence-electron chi connectivity index (χ1n) is 8.02. The number of anilines is 1. The number of carbonyl (C=O) groups excluding carboxylic acids is 2. The monoisotopic (exact) mass is 325 g/mol. The van der Waals surface area contributed by atoms with Crippen LogP contribution in [-0.4, -0.2) is 11.9 Å². The highest BCUT2D eigenvalue weighted by Crippen LogP contribution is 2.23. The second-order valence-corrected chi connectivity index (χ2v) is 6.64. The molecule has 1 N–H and O–H groups in total. The molecule has 0 atom stereocenters. The molecule has 0 bridgehead atoms. The highest BCUT2D eigenvalue weighted by atomic mass is 16.5. The minimum absolute atomic E-state index is 0.0428. The number of benzene rings is 2. The van der Waals surface area contributed by atoms with Crippen molar-refractivity contribution in [1.82, 2.24) is 0 Å². The van der Waals surface area contributed by atoms with Crippen molar-refractivity contribution < 1.29 is 14.3 Å². The minimum atomic E-state index is -0.402. The van der Waals surface area contributed by atoms with Gasteiger partial charge < -0.3 is 10.1 Å². The van der Waals surface area contributed by atoms with Crippen LogP contribution in [0.25, 0.3) is 0 Å². The Labute approximate surface area is 142 Å². The summed E-state index contributed by atoms with van der Waals surface area (Å²) in [5.41, 5.74) is 2.39. The van der Waals surface area contributed by atoms with E-state index in [-0.39, 0.29) is 11.3 Å². The van der Waals surface area contributed by atoms with Gasteiger partial charge >= 0.3 is 5.97 Å². The first-order chi connectivity index (χ1) is 11.3. The summed E-state index contributed by atoms with van der Waals surface area (Å²) in [5.74, 6) is -0.0196. The standard InChI is InChI=1S/C20H23NO3/c1-5-18(22)21-16-10-12-17(13-11-16)24-19(23)14-6-8-15(9-7-14)20(2,3)4/h6-13H,5H2,1-4H3,(H,21,22). The van der Waals surface area contributed by atoms with Crippen LogP contribution in [-0.2, 0) is 10.2 Å². The maximum absolute atomic E-state index is 12.2. The summed E-state index contributed by atoms with van der Waals surface area (Å²) < 4.78 is 5.36. The van der Waals surface area contributed by atoms with Crippen LogP contribution in [0.1, 0.15) is 50.0 Å². The van der Waals surface area contributed by atoms with Gasteiger partial charge in [0.1, 0.15) is 5.75 Å². The van der Waals surface area contributed by atoms with Gasteiger partial charge in [0.05, 0.1) is 5.56 Å². The van der Waals surface area contributed by atoms with Crippen molar-refractivity contribution >= 4 is 17.6 Å². The smallest absolute Gasteiger partial charge is 0.343 e. The highest BCUT2D eigenvalue weighted by molar-refractivity contribution is 5.92. The molecule has 0 radical (unpaired) electrons. The zero-order valence-electron chi connectivity index (χ0n) is 14.6. The molecule has 0 saturated heterocycles. The molecule has 2 aromatic carbocycles. The predicted octanol–water partition coefficient (Wildman–Crippen LogP) is 4.55. The summed E-state index contributed by atoms with van der Waals surface area (Å²) in [5, 5.41) is 2.74. The second kappa shape index (κ2) is 7.30. The number of hydrogen-bond acceptors (Lipinski definition) is 3. The summed E-state index contributed by atoms with van der Waals surface area (Å²) in [6.07, 6.45) is 0.418. The van der Waals surface area contributed by atoms with Crippen LogP contribution in [0, 0.1) is 0 Å². The molecule has 0 aliphatic heterocycles. The van der Waals surface area contributed by atoms with E-state index < -0.39 is 5.97 Å². The topological polar surface area (TPSA) is 55.4 Å². The Morgan fingerprint density at radius 3 is 2.04 bits per heavy atom. The minimum Gasteiger partial charge on any atom is -0.423 e. The third-order valence-electron chi connectivity index (χ3n) is 3.66. The Kier molecular flexibility index (Phi) is 5.39. The average molecular weight is 325 g/mol. The van der Waals surface area contributed by atoms with E-state index in [0.29, 0.717) is 23.4 Å². The van der Waals surface area contributed by atoms with Crippen molar-refractivity contribution in [3.63, 3.8) is 0 Å². The van der Waals surface area contributed by atoms with Crippen LogP contribution in [0.5, 0.6) is 5.75 Å². The number of esters is 1. The second-order valence-electron chi connectivity index (χ2n) is 6.64. The Bertz CT molecular complexity index is 710. The molecule has 126 valence electrons. The van der Waals surface area contributed by atoms with Crippen LogP contribution in [0.15, 0.2) is 48.5 Å². The lowest BCUT2D eigenvalue weighted by atomic mass is 9.87. The van der Waals surface area contributed by atoms with E-state index in [1.807, 2.05) is 12.1 Å². The van der Waals surface area contributed by atoms with Crippen molar-refractivity contribution in [2.45, 2.75) is 39.5 Å². The number of hydrogen-bond donors (Lipinski definition) is 1. The first kappa shape index (κ1) is 17.7. The van der Waals surface area contributed by atoms with Crippen LogP contribution in [0.2, 0.25) is 0 Å². The van der Waals surface area contributed by atoms with Gasteiger partial charge in [-0.15, -0.1) is 0 Å². The third kappa shape index (κ3) is 4.69. The van der Waals surface area contributed by atoms with Crippen LogP contribution >= 0.6 is 0 Å². The first-order valence-corrected chi connectivity index (χ1v) is 8.02. The van der Waals surface area contributed by atoms with Crippen LogP contribution in [0.3, 0.4) is 0 Å². The molecule has 0 saturated carbocycles. The van der Waals surface area contributed by atoms with Crippen molar-refractivity contribution in [3.05, 3.63) is 59.7 Å². The molecular weight excluding hydrogens is 302 g/mol. The largest absolute Gasteiger partial charge is 0.423 e. The molecular formula is C20H23NO3. The fraction of sp³-hybridized carbons (Fsp3) is 0.300. The van der Waals surface area contributed by atoms with Crippen molar-refractivity contribution in [2.75, 3.05) is 5.32 Å². The Morgan fingerprint density at radius 2 is 1.54 bits per heavy atom. The lowest BCUT2D eigenvalue weighted by Gasteiger charge is -2.18. The van der Waals surface area contributed by atoms with Crippen LogP contribution in [0.4, 0.5) is 5.69 Å². The van der Waals surface area contributed by atoms with Gasteiger partial charge in [-0.05, 0) is 47.4 Å². The van der Waals surface area contributed by atoms with Gasteiger partial charge in [0, 0.05) is 12.1 Å². The number of rotatable bonds is 4. The Hall–Kier alpha value is -2.62. The zero-order valence-corrected chi connectivity index (χ0v) is 14.6. The Morgan fingerprint density at radius 1 is 0.958 bits per heavy atom. The van der Waals surface area contributed by atoms with Gasteiger partial charge in [0.25, 0.3) is 0 Å². The van der Waals surface area contributed by atoms with Crippen LogP contribution < -0.4 is 10.1 Å². The van der Waals surface area contributed by atoms with E-state index in [2.05, 4.69) is 26.1 Å². The summed E-state index contributed by atoms with van der Waals surface area (Å²) in [4.78, 5) is 23.5. The fourth-order valence-corrected chi connectivity index (χ4v) is 2.13. The predicted molar refractivity (Wildman–Crippen MR) is 95.5 cm³/mol. The number of carbonyl (C=O) groups is 2. The summed E-state index contributed by atoms with van der Waals surface area (Å²) in [6, 6.07) is 14.2. The molecule has 0 aromatic heterocycles. The number of amides is 1. The normalized spacial score (nSPS) is 11.0. The van der Waals surface area contributed by atoms with E-state index in [9.17, 15) is 9.59 Å². The molecule has 0 unspecified atom stereocenters. The molecule has 0 spiro atoms. The molecule has 0 fully saturated rings. The molecule has 4 heteroatoms. The average Bonchev–Trinajstić information content (AvgIpc) is 2.55. The van der Waals surface area contributed by atoms with Crippen molar-refractivity contribution in [1.29, 1.82) is 0 Å². The summed E-state index contributed by atoms with van der Waals surface area (Å²) >= 11 is 0. The zero-order chi connectivity index (χ0) is 17.7. The molecule has 0 heterocycles. The van der Waals surface area contributed by atoms with Crippen molar-refractivity contribution in [3.8, 4) is 5.75 Å². The van der Waals surface area contributed by atoms with E-state index in [1.165, 1.54) is 0 Å². The maximum Gasteiger partial charge on any atom is 0.343 e. The molecule has 0 aliphatic rings. The lowest BCUT2D eigenvalue weighted by molar-refractivity contribution is -0.115. The maximum atomic E-state index is 12.2. The van der Waals surface area contributed by atoms with Gasteiger partial charge in [-0.25, -0.2) is 4.79 Å². The lowest BCUT2D eigenvalue weighted by Crippen LogP contribution is -2.13. The van der Waals surface area contributed by atoms with Gasteiger partial charge in [-0.2, -0.15) is 0 Å².